The van der Waals surface area contributed by atoms with Gasteiger partial charge in [-0.15, -0.1) is 0 Å². The Kier molecular flexibility index (Phi) is 5.90. The number of nitrogens with zero attached hydrogens (tertiary/aromatic N) is 2. The van der Waals surface area contributed by atoms with Crippen LogP contribution in [0.4, 0.5) is 0 Å². The molecule has 7 atom stereocenters. The van der Waals surface area contributed by atoms with Gasteiger partial charge in [-0.25, -0.2) is 4.79 Å². The van der Waals surface area contributed by atoms with Crippen LogP contribution in [-0.2, 0) is 28.5 Å². The smallest absolute Gasteiger partial charge is 0.344 e. The van der Waals surface area contributed by atoms with Gasteiger partial charge < -0.3 is 29.0 Å². The van der Waals surface area contributed by atoms with E-state index >= 15 is 0 Å². The number of carbonyl (C=O) groups is 2. The fourth-order valence-electron chi connectivity index (χ4n) is 8.02. The van der Waals surface area contributed by atoms with Crippen LogP contribution in [0.3, 0.4) is 0 Å². The van der Waals surface area contributed by atoms with E-state index in [1.807, 2.05) is 11.8 Å². The Labute approximate surface area is 206 Å². The van der Waals surface area contributed by atoms with E-state index in [9.17, 15) is 14.7 Å². The first kappa shape index (κ1) is 24.5. The molecule has 0 amide bonds. The third kappa shape index (κ3) is 2.95. The van der Waals surface area contributed by atoms with Gasteiger partial charge in [0.05, 0.1) is 19.3 Å². The maximum Gasteiger partial charge on any atom is 0.344 e. The minimum absolute atomic E-state index is 0.0834. The first-order valence-corrected chi connectivity index (χ1v) is 12.4. The number of likely N-dealkylation sites (tertiary alicyclic amines) is 1. The van der Waals surface area contributed by atoms with E-state index in [-0.39, 0.29) is 18.9 Å². The molecule has 1 N–H and O–H groups in total. The van der Waals surface area contributed by atoms with Crippen molar-refractivity contribution < 1.29 is 33.6 Å². The summed E-state index contributed by atoms with van der Waals surface area (Å²) < 4.78 is 22.5. The summed E-state index contributed by atoms with van der Waals surface area (Å²) in [7, 11) is 4.53. The summed E-state index contributed by atoms with van der Waals surface area (Å²) in [6, 6.07) is -0.832. The number of fused-ring (bicyclic) bond motifs is 1. The highest BCUT2D eigenvalue weighted by molar-refractivity contribution is 5.84. The number of methoxy groups -OCH3 is 3. The fourth-order valence-corrected chi connectivity index (χ4v) is 8.02. The number of hydrogen-bond acceptors (Lipinski definition) is 9. The van der Waals surface area contributed by atoms with Crippen LogP contribution >= 0.6 is 0 Å². The van der Waals surface area contributed by atoms with E-state index in [0.717, 1.165) is 30.8 Å². The van der Waals surface area contributed by atoms with Crippen LogP contribution in [-0.4, -0.2) is 97.9 Å². The largest absolute Gasteiger partial charge is 0.467 e. The molecule has 9 heteroatoms. The van der Waals surface area contributed by atoms with Gasteiger partial charge in [-0.3, -0.25) is 9.69 Å². The van der Waals surface area contributed by atoms with E-state index < -0.39 is 40.5 Å². The van der Waals surface area contributed by atoms with Crippen LogP contribution in [0.1, 0.15) is 33.1 Å². The molecule has 192 valence electrons. The quantitative estimate of drug-likeness (QED) is 0.439. The van der Waals surface area contributed by atoms with Crippen molar-refractivity contribution in [2.45, 2.75) is 63.0 Å². The van der Waals surface area contributed by atoms with E-state index in [2.05, 4.69) is 29.2 Å². The Morgan fingerprint density at radius 1 is 1.23 bits per heavy atom. The molecule has 0 aromatic carbocycles. The van der Waals surface area contributed by atoms with Gasteiger partial charge in [-0.2, -0.15) is 0 Å². The molecule has 0 aromatic rings. The minimum atomic E-state index is -2.13. The van der Waals surface area contributed by atoms with Crippen molar-refractivity contribution in [2.75, 3.05) is 41.1 Å². The fraction of sp³-hybridized carbons (Fsp3) is 0.692. The maximum atomic E-state index is 13.7. The lowest BCUT2D eigenvalue weighted by molar-refractivity contribution is -0.247. The van der Waals surface area contributed by atoms with Crippen LogP contribution in [0.5, 0.6) is 0 Å². The second kappa shape index (κ2) is 8.44. The summed E-state index contributed by atoms with van der Waals surface area (Å²) in [6.07, 6.45) is 9.19. The molecule has 35 heavy (non-hydrogen) atoms. The molecule has 9 nitrogen and oxygen atoms in total. The first-order valence-electron chi connectivity index (χ1n) is 12.4. The van der Waals surface area contributed by atoms with Crippen molar-refractivity contribution in [3.8, 4) is 0 Å². The molecule has 3 fully saturated rings. The monoisotopic (exact) mass is 488 g/mol. The number of aliphatic hydroxyl groups is 1. The lowest BCUT2D eigenvalue weighted by Crippen LogP contribution is -2.80. The average molecular weight is 489 g/mol. The Balaban J connectivity index is 1.85. The topological polar surface area (TPSA) is 97.8 Å². The zero-order chi connectivity index (χ0) is 25.2. The lowest BCUT2D eigenvalue weighted by Gasteiger charge is -2.63. The van der Waals surface area contributed by atoms with Gasteiger partial charge in [0, 0.05) is 50.3 Å². The zero-order valence-electron chi connectivity index (χ0n) is 21.2. The first-order chi connectivity index (χ1) is 16.8. The van der Waals surface area contributed by atoms with Gasteiger partial charge in [0.1, 0.15) is 6.73 Å². The van der Waals surface area contributed by atoms with Crippen LogP contribution in [0, 0.1) is 10.8 Å². The summed E-state index contributed by atoms with van der Waals surface area (Å²) in [5.74, 6) is -1.35. The van der Waals surface area contributed by atoms with E-state index in [4.69, 9.17) is 18.9 Å². The zero-order valence-corrected chi connectivity index (χ0v) is 21.2. The number of hydrogen-bond donors (Lipinski definition) is 1. The number of esters is 2. The van der Waals surface area contributed by atoms with Crippen LogP contribution in [0.2, 0.25) is 0 Å². The van der Waals surface area contributed by atoms with Crippen LogP contribution in [0.15, 0.2) is 35.6 Å². The summed E-state index contributed by atoms with van der Waals surface area (Å²) in [4.78, 5) is 30.5. The average Bonchev–Trinajstić information content (AvgIpc) is 3.38. The highest BCUT2D eigenvalue weighted by atomic mass is 16.6. The number of carbonyl (C=O) groups excluding carboxylic acids is 2. The molecule has 5 rings (SSSR count). The van der Waals surface area contributed by atoms with Crippen molar-refractivity contribution in [1.82, 2.24) is 9.80 Å². The van der Waals surface area contributed by atoms with E-state index in [1.165, 1.54) is 14.0 Å². The molecule has 1 saturated carbocycles. The third-order valence-electron chi connectivity index (χ3n) is 9.01. The second-order valence-corrected chi connectivity index (χ2v) is 10.3. The Morgan fingerprint density at radius 3 is 2.63 bits per heavy atom. The molecule has 3 aliphatic heterocycles. The Hall–Kier alpha value is -2.20. The molecule has 2 aliphatic carbocycles. The highest BCUT2D eigenvalue weighted by Crippen LogP contribution is 2.69. The van der Waals surface area contributed by atoms with Crippen molar-refractivity contribution in [2.24, 2.45) is 10.8 Å². The molecule has 0 radical (unpaired) electrons. The Morgan fingerprint density at radius 2 is 2.00 bits per heavy atom. The molecule has 2 saturated heterocycles. The number of rotatable bonds is 6. The van der Waals surface area contributed by atoms with E-state index in [1.54, 1.807) is 14.2 Å². The van der Waals surface area contributed by atoms with Crippen molar-refractivity contribution >= 4 is 11.9 Å². The van der Waals surface area contributed by atoms with Gasteiger partial charge >= 0.3 is 11.9 Å². The molecule has 0 aromatic heterocycles. The normalized spacial score (nSPS) is 41.5. The van der Waals surface area contributed by atoms with Crippen molar-refractivity contribution in [3.05, 3.63) is 35.6 Å². The highest BCUT2D eigenvalue weighted by Gasteiger charge is 2.81. The second-order valence-electron chi connectivity index (χ2n) is 10.3. The van der Waals surface area contributed by atoms with Gasteiger partial charge in [-0.05, 0) is 37.5 Å². The van der Waals surface area contributed by atoms with Crippen molar-refractivity contribution in [3.63, 3.8) is 0 Å². The predicted octanol–water partition coefficient (Wildman–Crippen LogP) is 1.38. The summed E-state index contributed by atoms with van der Waals surface area (Å²) in [5, 5.41) is 12.6. The third-order valence-corrected chi connectivity index (χ3v) is 9.01. The molecular weight excluding hydrogens is 452 g/mol. The van der Waals surface area contributed by atoms with Gasteiger partial charge in [0.15, 0.2) is 6.10 Å². The maximum absolute atomic E-state index is 13.7. The molecule has 1 spiro atoms. The van der Waals surface area contributed by atoms with Gasteiger partial charge in [-0.1, -0.05) is 25.2 Å². The molecule has 3 heterocycles. The summed E-state index contributed by atoms with van der Waals surface area (Å²) >= 11 is 0. The van der Waals surface area contributed by atoms with Crippen molar-refractivity contribution in [1.29, 1.82) is 0 Å². The van der Waals surface area contributed by atoms with Crippen LogP contribution < -0.4 is 0 Å². The molecule has 1 unspecified atom stereocenters. The SMILES string of the molecule is CC[C@]12C=CCN3CC[C@@]4(C5=CCC(OC)C=C5N(COC)[C@H]4[C@@](O)(C(=O)OC)[C@@H]1OC(C)=O)[C@@H]32. The Bertz CT molecular complexity index is 1010. The molecule has 5 aliphatic rings. The van der Waals surface area contributed by atoms with Gasteiger partial charge in [0.2, 0.25) is 5.60 Å². The summed E-state index contributed by atoms with van der Waals surface area (Å²) in [5.41, 5.74) is -1.50. The standard InChI is InChI=1S/C26H36N2O7/c1-6-24-10-7-12-27-13-11-25(20(24)27)18-9-8-17(33-4)14-19(18)28(15-32-3)21(25)26(31,23(30)34-5)22(24)35-16(2)29/h7,9-10,14,17,20-22,31H,6,8,11-13,15H2,1-5H3/t17?,20-,21+,22+,24+,25+,26-/m0/s1. The van der Waals surface area contributed by atoms with Crippen LogP contribution in [0.25, 0.3) is 0 Å². The summed E-state index contributed by atoms with van der Waals surface area (Å²) in [6.45, 7) is 5.07. The molecule has 0 bridgehead atoms. The van der Waals surface area contributed by atoms with Gasteiger partial charge in [0.25, 0.3) is 0 Å². The number of ether oxygens (including phenoxy) is 4. The minimum Gasteiger partial charge on any atom is -0.467 e. The molecular formula is C26H36N2O7. The lowest BCUT2D eigenvalue weighted by atomic mass is 9.47. The predicted molar refractivity (Wildman–Crippen MR) is 126 cm³/mol. The number of allylic oxidation sites excluding steroid dienone is 1. The van der Waals surface area contributed by atoms with E-state index in [0.29, 0.717) is 12.8 Å².